The quantitative estimate of drug-likeness (QED) is 0.138. The van der Waals surface area contributed by atoms with Crippen molar-refractivity contribution >= 4 is 11.9 Å². The normalized spacial score (nSPS) is 13.7. The summed E-state index contributed by atoms with van der Waals surface area (Å²) < 4.78 is 4.58. The van der Waals surface area contributed by atoms with E-state index in [1.165, 1.54) is 90.6 Å². The molecule has 5 heteroatoms. The molecule has 0 aromatic carbocycles. The number of hydrogen-bond acceptors (Lipinski definition) is 4. The second-order valence-electron chi connectivity index (χ2n) is 10.9. The largest absolute Gasteiger partial charge is 0.481 e. The van der Waals surface area contributed by atoms with Crippen molar-refractivity contribution in [3.05, 3.63) is 0 Å². The Labute approximate surface area is 197 Å². The fraction of sp³-hybridized carbons (Fsp3) is 0.926. The Kier molecular flexibility index (Phi) is 17.7. The summed E-state index contributed by atoms with van der Waals surface area (Å²) >= 11 is 0. The molecular weight excluding hydrogens is 404 g/mol. The SMILES string of the molecule is COC(=O)CC(O)(CCCCCCCCCCCCCCCCCC(C)(C)C)CC(=O)O. The molecule has 0 rings (SSSR count). The van der Waals surface area contributed by atoms with Crippen LogP contribution in [0.4, 0.5) is 0 Å². The van der Waals surface area contributed by atoms with Gasteiger partial charge in [0, 0.05) is 0 Å². The molecule has 0 aromatic rings. The van der Waals surface area contributed by atoms with Gasteiger partial charge in [0.1, 0.15) is 0 Å². The maximum atomic E-state index is 11.4. The lowest BCUT2D eigenvalue weighted by Gasteiger charge is -2.25. The van der Waals surface area contributed by atoms with Crippen molar-refractivity contribution in [1.29, 1.82) is 0 Å². The fourth-order valence-electron chi connectivity index (χ4n) is 4.27. The highest BCUT2D eigenvalue weighted by Gasteiger charge is 2.32. The van der Waals surface area contributed by atoms with E-state index in [9.17, 15) is 14.7 Å². The van der Waals surface area contributed by atoms with Gasteiger partial charge >= 0.3 is 11.9 Å². The standard InChI is InChI=1S/C27H52O5/c1-26(2,3)20-18-16-14-12-10-8-6-5-7-9-11-13-15-17-19-21-27(31,22-24(28)29)23-25(30)32-4/h31H,5-23H2,1-4H3,(H,28,29). The average Bonchev–Trinajstić information content (AvgIpc) is 2.68. The topological polar surface area (TPSA) is 83.8 Å². The number of methoxy groups -OCH3 is 1. The number of hydrogen-bond donors (Lipinski definition) is 2. The van der Waals surface area contributed by atoms with Gasteiger partial charge in [-0.05, 0) is 18.3 Å². The zero-order valence-electron chi connectivity index (χ0n) is 21.6. The summed E-state index contributed by atoms with van der Waals surface area (Å²) in [6.45, 7) is 6.98. The lowest BCUT2D eigenvalue weighted by atomic mass is 9.89. The lowest BCUT2D eigenvalue weighted by molar-refractivity contribution is -0.151. The zero-order valence-corrected chi connectivity index (χ0v) is 21.6. The summed E-state index contributed by atoms with van der Waals surface area (Å²) in [5.74, 6) is -1.66. The number of carboxylic acids is 1. The van der Waals surface area contributed by atoms with Crippen LogP contribution in [0.1, 0.15) is 143 Å². The molecule has 0 heterocycles. The molecule has 0 fully saturated rings. The molecule has 0 spiro atoms. The first kappa shape index (κ1) is 30.9. The molecular formula is C27H52O5. The van der Waals surface area contributed by atoms with Gasteiger partial charge in [0.25, 0.3) is 0 Å². The predicted octanol–water partition coefficient (Wildman–Crippen LogP) is 7.43. The molecule has 0 radical (unpaired) electrons. The first-order valence-corrected chi connectivity index (χ1v) is 13.1. The van der Waals surface area contributed by atoms with Crippen LogP contribution in [0.5, 0.6) is 0 Å². The Morgan fingerprint density at radius 2 is 0.969 bits per heavy atom. The van der Waals surface area contributed by atoms with Crippen molar-refractivity contribution in [2.75, 3.05) is 7.11 Å². The van der Waals surface area contributed by atoms with E-state index in [1.807, 2.05) is 0 Å². The van der Waals surface area contributed by atoms with Gasteiger partial charge in [-0.25, -0.2) is 0 Å². The molecule has 190 valence electrons. The van der Waals surface area contributed by atoms with Gasteiger partial charge in [0.2, 0.25) is 0 Å². The minimum Gasteiger partial charge on any atom is -0.481 e. The van der Waals surface area contributed by atoms with Crippen LogP contribution in [-0.4, -0.2) is 34.9 Å². The van der Waals surface area contributed by atoms with Crippen LogP contribution in [0, 0.1) is 5.41 Å². The molecule has 1 atom stereocenters. The van der Waals surface area contributed by atoms with E-state index >= 15 is 0 Å². The molecule has 2 N–H and O–H groups in total. The summed E-state index contributed by atoms with van der Waals surface area (Å²) in [4.78, 5) is 22.4. The zero-order chi connectivity index (χ0) is 24.3. The molecule has 0 aliphatic heterocycles. The molecule has 0 aromatic heterocycles. The highest BCUT2D eigenvalue weighted by Crippen LogP contribution is 2.25. The van der Waals surface area contributed by atoms with E-state index in [4.69, 9.17) is 5.11 Å². The van der Waals surface area contributed by atoms with Gasteiger partial charge in [-0.1, -0.05) is 117 Å². The van der Waals surface area contributed by atoms with Gasteiger partial charge in [-0.15, -0.1) is 0 Å². The van der Waals surface area contributed by atoms with E-state index in [2.05, 4.69) is 25.5 Å². The molecule has 0 amide bonds. The van der Waals surface area contributed by atoms with Gasteiger partial charge in [0.05, 0.1) is 25.6 Å². The molecule has 32 heavy (non-hydrogen) atoms. The number of unbranched alkanes of at least 4 members (excludes halogenated alkanes) is 14. The predicted molar refractivity (Wildman–Crippen MR) is 132 cm³/mol. The molecule has 1 unspecified atom stereocenters. The Bertz CT molecular complexity index is 483. The van der Waals surface area contributed by atoms with Gasteiger partial charge < -0.3 is 14.9 Å². The second kappa shape index (κ2) is 18.3. The van der Waals surface area contributed by atoms with E-state index in [-0.39, 0.29) is 6.42 Å². The van der Waals surface area contributed by atoms with Crippen molar-refractivity contribution in [3.8, 4) is 0 Å². The monoisotopic (exact) mass is 456 g/mol. The van der Waals surface area contributed by atoms with E-state index in [0.717, 1.165) is 19.3 Å². The number of aliphatic hydroxyl groups is 1. The highest BCUT2D eigenvalue weighted by molar-refractivity contribution is 5.73. The third-order valence-corrected chi connectivity index (χ3v) is 6.25. The number of carbonyl (C=O) groups is 2. The number of carbonyl (C=O) groups excluding carboxylic acids is 1. The van der Waals surface area contributed by atoms with Crippen molar-refractivity contribution < 1.29 is 24.5 Å². The molecule has 0 saturated carbocycles. The van der Waals surface area contributed by atoms with Crippen LogP contribution in [0.3, 0.4) is 0 Å². The van der Waals surface area contributed by atoms with Gasteiger partial charge in [0.15, 0.2) is 0 Å². The summed E-state index contributed by atoms with van der Waals surface area (Å²) in [6, 6.07) is 0. The fourth-order valence-corrected chi connectivity index (χ4v) is 4.27. The Morgan fingerprint density at radius 1 is 0.625 bits per heavy atom. The summed E-state index contributed by atoms with van der Waals surface area (Å²) in [6.07, 6.45) is 19.9. The number of rotatable bonds is 21. The molecule has 0 aliphatic carbocycles. The van der Waals surface area contributed by atoms with Crippen LogP contribution < -0.4 is 0 Å². The van der Waals surface area contributed by atoms with Gasteiger partial charge in [-0.2, -0.15) is 0 Å². The number of esters is 1. The minimum absolute atomic E-state index is 0.257. The minimum atomic E-state index is -1.49. The maximum Gasteiger partial charge on any atom is 0.308 e. The Balaban J connectivity index is 3.51. The van der Waals surface area contributed by atoms with Crippen LogP contribution >= 0.6 is 0 Å². The lowest BCUT2D eigenvalue weighted by Crippen LogP contribution is -2.35. The Morgan fingerprint density at radius 3 is 1.28 bits per heavy atom. The maximum absolute atomic E-state index is 11.4. The number of ether oxygens (including phenoxy) is 1. The van der Waals surface area contributed by atoms with E-state index in [1.54, 1.807) is 0 Å². The van der Waals surface area contributed by atoms with Crippen LogP contribution in [0.25, 0.3) is 0 Å². The van der Waals surface area contributed by atoms with Gasteiger partial charge in [-0.3, -0.25) is 9.59 Å². The van der Waals surface area contributed by atoms with Crippen LogP contribution in [-0.2, 0) is 14.3 Å². The Hall–Kier alpha value is -1.10. The second-order valence-corrected chi connectivity index (χ2v) is 10.9. The molecule has 0 bridgehead atoms. The summed E-state index contributed by atoms with van der Waals surface area (Å²) in [5, 5.41) is 19.4. The number of carboxylic acid groups (broad SMARTS) is 1. The summed E-state index contributed by atoms with van der Waals surface area (Å²) in [7, 11) is 1.25. The van der Waals surface area contributed by atoms with E-state index < -0.39 is 24.0 Å². The van der Waals surface area contributed by atoms with Crippen molar-refractivity contribution in [2.24, 2.45) is 5.41 Å². The van der Waals surface area contributed by atoms with Crippen molar-refractivity contribution in [1.82, 2.24) is 0 Å². The number of aliphatic carboxylic acids is 1. The first-order valence-electron chi connectivity index (χ1n) is 13.1. The smallest absolute Gasteiger partial charge is 0.308 e. The first-order chi connectivity index (χ1) is 15.1. The molecule has 5 nitrogen and oxygen atoms in total. The van der Waals surface area contributed by atoms with E-state index in [0.29, 0.717) is 11.8 Å². The average molecular weight is 457 g/mol. The summed E-state index contributed by atoms with van der Waals surface area (Å²) in [5.41, 5.74) is -1.01. The molecule has 0 aliphatic rings. The molecule has 0 saturated heterocycles. The highest BCUT2D eigenvalue weighted by atomic mass is 16.5. The third-order valence-electron chi connectivity index (χ3n) is 6.25. The van der Waals surface area contributed by atoms with Crippen molar-refractivity contribution in [2.45, 2.75) is 148 Å². The third kappa shape index (κ3) is 20.8. The van der Waals surface area contributed by atoms with Crippen LogP contribution in [0.2, 0.25) is 0 Å². The van der Waals surface area contributed by atoms with Crippen LogP contribution in [0.15, 0.2) is 0 Å². The van der Waals surface area contributed by atoms with Crippen molar-refractivity contribution in [3.63, 3.8) is 0 Å².